The number of hydrogen-bond donors (Lipinski definition) is 1. The maximum atomic E-state index is 13.5. The summed E-state index contributed by atoms with van der Waals surface area (Å²) < 4.78 is 52.4. The molecule has 0 bridgehead atoms. The van der Waals surface area contributed by atoms with E-state index < -0.39 is 16.1 Å². The standard InChI is InChI=1S/C24H22N2O6S/c1-29-20-8-4-11-25-23(20)24(22-14-16-6-2-3-7-18(16)32-22)26-33(27,28)17-9-10-19-21(15-17)31-13-5-12-30-19/h2-4,6-11,14-15,24,26H,5,12-13H2,1H3. The van der Waals surface area contributed by atoms with Crippen molar-refractivity contribution >= 4 is 21.0 Å². The van der Waals surface area contributed by atoms with Crippen molar-refractivity contribution in [3.8, 4) is 17.2 Å². The average molecular weight is 467 g/mol. The van der Waals surface area contributed by atoms with Gasteiger partial charge in [-0.05, 0) is 36.4 Å². The molecule has 0 radical (unpaired) electrons. The Morgan fingerprint density at radius 2 is 1.82 bits per heavy atom. The lowest BCUT2D eigenvalue weighted by molar-refractivity contribution is 0.297. The minimum Gasteiger partial charge on any atom is -0.495 e. The number of sulfonamides is 1. The third-order valence-electron chi connectivity index (χ3n) is 5.32. The highest BCUT2D eigenvalue weighted by molar-refractivity contribution is 7.89. The smallest absolute Gasteiger partial charge is 0.241 e. The molecule has 0 amide bonds. The van der Waals surface area contributed by atoms with E-state index in [0.717, 1.165) is 11.8 Å². The first-order valence-electron chi connectivity index (χ1n) is 10.4. The van der Waals surface area contributed by atoms with Crippen molar-refractivity contribution in [1.82, 2.24) is 9.71 Å². The monoisotopic (exact) mass is 466 g/mol. The topological polar surface area (TPSA) is 99.9 Å². The van der Waals surface area contributed by atoms with Gasteiger partial charge in [0.25, 0.3) is 0 Å². The van der Waals surface area contributed by atoms with Crippen LogP contribution in [0.25, 0.3) is 11.0 Å². The van der Waals surface area contributed by atoms with Crippen molar-refractivity contribution < 1.29 is 27.0 Å². The SMILES string of the molecule is COc1cccnc1C(NS(=O)(=O)c1ccc2c(c1)OCCCO2)c1cc2ccccc2o1. The van der Waals surface area contributed by atoms with Crippen LogP contribution in [0.2, 0.25) is 0 Å². The van der Waals surface area contributed by atoms with Crippen LogP contribution in [0.4, 0.5) is 0 Å². The van der Waals surface area contributed by atoms with Crippen molar-refractivity contribution in [2.75, 3.05) is 20.3 Å². The second-order valence-corrected chi connectivity index (χ2v) is 9.20. The van der Waals surface area contributed by atoms with Crippen LogP contribution >= 0.6 is 0 Å². The zero-order chi connectivity index (χ0) is 22.8. The predicted molar refractivity (Wildman–Crippen MR) is 121 cm³/mol. The van der Waals surface area contributed by atoms with Crippen molar-refractivity contribution in [1.29, 1.82) is 0 Å². The highest BCUT2D eigenvalue weighted by Gasteiger charge is 2.30. The third kappa shape index (κ3) is 4.24. The molecule has 2 aromatic carbocycles. The Morgan fingerprint density at radius 1 is 1.00 bits per heavy atom. The molecule has 1 N–H and O–H groups in total. The van der Waals surface area contributed by atoms with E-state index in [0.29, 0.717) is 47.5 Å². The third-order valence-corrected chi connectivity index (χ3v) is 6.75. The quantitative estimate of drug-likeness (QED) is 0.457. The van der Waals surface area contributed by atoms with Crippen molar-refractivity contribution in [3.05, 3.63) is 78.3 Å². The van der Waals surface area contributed by atoms with Crippen LogP contribution in [0.15, 0.2) is 76.2 Å². The summed E-state index contributed by atoms with van der Waals surface area (Å²) >= 11 is 0. The first-order chi connectivity index (χ1) is 16.0. The second kappa shape index (κ2) is 8.76. The van der Waals surface area contributed by atoms with E-state index >= 15 is 0 Å². The molecule has 2 aromatic heterocycles. The number of aromatic nitrogens is 1. The molecule has 0 fully saturated rings. The highest BCUT2D eigenvalue weighted by Crippen LogP contribution is 2.35. The number of para-hydroxylation sites is 1. The van der Waals surface area contributed by atoms with Gasteiger partial charge in [-0.3, -0.25) is 4.98 Å². The molecule has 4 aromatic rings. The first-order valence-corrected chi connectivity index (χ1v) is 11.9. The number of furan rings is 1. The van der Waals surface area contributed by atoms with Gasteiger partial charge in [0.15, 0.2) is 11.5 Å². The van der Waals surface area contributed by atoms with Crippen LogP contribution in [-0.2, 0) is 10.0 Å². The maximum Gasteiger partial charge on any atom is 0.241 e. The predicted octanol–water partition coefficient (Wildman–Crippen LogP) is 4.07. The molecule has 5 rings (SSSR count). The zero-order valence-electron chi connectivity index (χ0n) is 17.9. The highest BCUT2D eigenvalue weighted by atomic mass is 32.2. The average Bonchev–Trinajstić information content (AvgIpc) is 3.12. The van der Waals surface area contributed by atoms with E-state index in [4.69, 9.17) is 18.6 Å². The summed E-state index contributed by atoms with van der Waals surface area (Å²) in [5, 5.41) is 0.849. The fourth-order valence-corrected chi connectivity index (χ4v) is 4.90. The van der Waals surface area contributed by atoms with Gasteiger partial charge in [-0.2, -0.15) is 4.72 Å². The molecule has 170 valence electrons. The summed E-state index contributed by atoms with van der Waals surface area (Å²) in [7, 11) is -2.50. The lowest BCUT2D eigenvalue weighted by Crippen LogP contribution is -2.30. The number of hydrogen-bond acceptors (Lipinski definition) is 7. The summed E-state index contributed by atoms with van der Waals surface area (Å²) in [6, 6.07) is 16.3. The van der Waals surface area contributed by atoms with Crippen LogP contribution < -0.4 is 18.9 Å². The molecule has 3 heterocycles. The van der Waals surface area contributed by atoms with Gasteiger partial charge < -0.3 is 18.6 Å². The Labute approximate surface area is 191 Å². The van der Waals surface area contributed by atoms with Gasteiger partial charge in [0.1, 0.15) is 28.8 Å². The Morgan fingerprint density at radius 3 is 2.64 bits per heavy atom. The van der Waals surface area contributed by atoms with Crippen LogP contribution in [-0.4, -0.2) is 33.7 Å². The lowest BCUT2D eigenvalue weighted by atomic mass is 10.1. The summed E-state index contributed by atoms with van der Waals surface area (Å²) in [4.78, 5) is 4.44. The molecule has 0 saturated carbocycles. The number of nitrogens with one attached hydrogen (secondary N) is 1. The Balaban J connectivity index is 1.57. The fraction of sp³-hybridized carbons (Fsp3) is 0.208. The molecule has 8 nitrogen and oxygen atoms in total. The lowest BCUT2D eigenvalue weighted by Gasteiger charge is -2.19. The van der Waals surface area contributed by atoms with Crippen molar-refractivity contribution in [2.45, 2.75) is 17.4 Å². The summed E-state index contributed by atoms with van der Waals surface area (Å²) in [6.45, 7) is 0.974. The molecule has 0 aliphatic carbocycles. The Kier molecular flexibility index (Phi) is 5.65. The van der Waals surface area contributed by atoms with E-state index in [2.05, 4.69) is 9.71 Å². The molecule has 33 heavy (non-hydrogen) atoms. The summed E-state index contributed by atoms with van der Waals surface area (Å²) in [6.07, 6.45) is 2.30. The van der Waals surface area contributed by atoms with Gasteiger partial charge in [0.05, 0.1) is 25.2 Å². The molecule has 1 aliphatic rings. The molecular formula is C24H22N2O6S. The van der Waals surface area contributed by atoms with E-state index in [-0.39, 0.29) is 4.90 Å². The number of pyridine rings is 1. The number of nitrogens with zero attached hydrogens (tertiary/aromatic N) is 1. The Hall–Kier alpha value is -3.56. The number of ether oxygens (including phenoxy) is 3. The van der Waals surface area contributed by atoms with Gasteiger partial charge >= 0.3 is 0 Å². The van der Waals surface area contributed by atoms with Gasteiger partial charge in [-0.1, -0.05) is 18.2 Å². The van der Waals surface area contributed by atoms with Crippen LogP contribution in [0.3, 0.4) is 0 Å². The summed E-state index contributed by atoms with van der Waals surface area (Å²) in [5.74, 6) is 1.74. The zero-order valence-corrected chi connectivity index (χ0v) is 18.7. The molecule has 9 heteroatoms. The van der Waals surface area contributed by atoms with Crippen molar-refractivity contribution in [3.63, 3.8) is 0 Å². The number of methoxy groups -OCH3 is 1. The molecule has 1 unspecified atom stereocenters. The van der Waals surface area contributed by atoms with Crippen LogP contribution in [0.5, 0.6) is 17.2 Å². The molecular weight excluding hydrogens is 444 g/mol. The van der Waals surface area contributed by atoms with Gasteiger partial charge in [0, 0.05) is 24.1 Å². The summed E-state index contributed by atoms with van der Waals surface area (Å²) in [5.41, 5.74) is 1.03. The number of benzene rings is 2. The molecule has 0 saturated heterocycles. The largest absolute Gasteiger partial charge is 0.495 e. The molecule has 1 aliphatic heterocycles. The van der Waals surface area contributed by atoms with Gasteiger partial charge in [-0.25, -0.2) is 8.42 Å². The van der Waals surface area contributed by atoms with E-state index in [9.17, 15) is 8.42 Å². The maximum absolute atomic E-state index is 13.5. The number of fused-ring (bicyclic) bond motifs is 2. The minimum atomic E-state index is -4.00. The Bertz CT molecular complexity index is 1370. The molecule has 1 atom stereocenters. The van der Waals surface area contributed by atoms with E-state index in [1.807, 2.05) is 24.3 Å². The second-order valence-electron chi connectivity index (χ2n) is 7.49. The van der Waals surface area contributed by atoms with E-state index in [1.165, 1.54) is 19.2 Å². The van der Waals surface area contributed by atoms with Crippen LogP contribution in [0, 0.1) is 0 Å². The van der Waals surface area contributed by atoms with E-state index in [1.54, 1.807) is 30.5 Å². The molecule has 0 spiro atoms. The van der Waals surface area contributed by atoms with Crippen molar-refractivity contribution in [2.24, 2.45) is 0 Å². The van der Waals surface area contributed by atoms with Crippen LogP contribution in [0.1, 0.15) is 23.9 Å². The first kappa shape index (κ1) is 21.3. The normalized spacial score (nSPS) is 14.6. The van der Waals surface area contributed by atoms with Gasteiger partial charge in [0.2, 0.25) is 10.0 Å². The minimum absolute atomic E-state index is 0.0442. The fourth-order valence-electron chi connectivity index (χ4n) is 3.72. The number of rotatable bonds is 6. The van der Waals surface area contributed by atoms with Gasteiger partial charge in [-0.15, -0.1) is 0 Å².